The van der Waals surface area contributed by atoms with E-state index in [4.69, 9.17) is 5.73 Å². The molecule has 0 bridgehead atoms. The summed E-state index contributed by atoms with van der Waals surface area (Å²) in [6.45, 7) is 1.91. The summed E-state index contributed by atoms with van der Waals surface area (Å²) in [5.41, 5.74) is 6.37. The third-order valence-corrected chi connectivity index (χ3v) is 2.37. The van der Waals surface area contributed by atoms with E-state index in [1.807, 2.05) is 4.90 Å². The van der Waals surface area contributed by atoms with E-state index >= 15 is 0 Å². The van der Waals surface area contributed by atoms with E-state index in [-0.39, 0.29) is 6.10 Å². The van der Waals surface area contributed by atoms with Gasteiger partial charge in [0.1, 0.15) is 0 Å². The molecular weight excluding hydrogens is 180 g/mol. The van der Waals surface area contributed by atoms with E-state index in [2.05, 4.69) is 9.97 Å². The SMILES string of the molecule is NCc1cnc(N2CCC(O)C2)nc1. The van der Waals surface area contributed by atoms with E-state index in [1.54, 1.807) is 12.4 Å². The van der Waals surface area contributed by atoms with Gasteiger partial charge in [0.05, 0.1) is 6.10 Å². The molecule has 14 heavy (non-hydrogen) atoms. The molecule has 0 aliphatic carbocycles. The second-order valence-corrected chi connectivity index (χ2v) is 3.48. The zero-order valence-electron chi connectivity index (χ0n) is 7.93. The highest BCUT2D eigenvalue weighted by Crippen LogP contribution is 2.15. The molecule has 1 unspecified atom stereocenters. The van der Waals surface area contributed by atoms with Crippen LogP contribution in [0.25, 0.3) is 0 Å². The van der Waals surface area contributed by atoms with Crippen molar-refractivity contribution in [2.24, 2.45) is 5.73 Å². The predicted octanol–water partition coefficient (Wildman–Crippen LogP) is -0.494. The Labute approximate surface area is 82.6 Å². The molecule has 5 nitrogen and oxygen atoms in total. The van der Waals surface area contributed by atoms with Gasteiger partial charge < -0.3 is 15.7 Å². The summed E-state index contributed by atoms with van der Waals surface area (Å²) >= 11 is 0. The van der Waals surface area contributed by atoms with Gasteiger partial charge in [0.15, 0.2) is 0 Å². The molecule has 0 saturated carbocycles. The second kappa shape index (κ2) is 3.89. The lowest BCUT2D eigenvalue weighted by atomic mass is 10.3. The molecule has 1 aliphatic rings. The summed E-state index contributed by atoms with van der Waals surface area (Å²) in [7, 11) is 0. The molecule has 0 radical (unpaired) electrons. The minimum atomic E-state index is -0.243. The van der Waals surface area contributed by atoms with Gasteiger partial charge >= 0.3 is 0 Å². The van der Waals surface area contributed by atoms with Crippen LogP contribution >= 0.6 is 0 Å². The molecule has 0 aromatic carbocycles. The van der Waals surface area contributed by atoms with Crippen molar-refractivity contribution in [1.82, 2.24) is 9.97 Å². The van der Waals surface area contributed by atoms with Gasteiger partial charge in [-0.05, 0) is 6.42 Å². The Balaban J connectivity index is 2.09. The molecule has 5 heteroatoms. The maximum atomic E-state index is 9.34. The molecule has 3 N–H and O–H groups in total. The van der Waals surface area contributed by atoms with Crippen molar-refractivity contribution >= 4 is 5.95 Å². The number of β-amino-alcohol motifs (C(OH)–C–C–N with tert-alkyl or cyclic N) is 1. The van der Waals surface area contributed by atoms with Crippen molar-refractivity contribution in [1.29, 1.82) is 0 Å². The minimum absolute atomic E-state index is 0.243. The van der Waals surface area contributed by atoms with Crippen molar-refractivity contribution in [2.75, 3.05) is 18.0 Å². The Morgan fingerprint density at radius 3 is 2.71 bits per heavy atom. The van der Waals surface area contributed by atoms with Crippen LogP contribution in [0.5, 0.6) is 0 Å². The Morgan fingerprint density at radius 1 is 1.50 bits per heavy atom. The van der Waals surface area contributed by atoms with Crippen molar-refractivity contribution < 1.29 is 5.11 Å². The van der Waals surface area contributed by atoms with E-state index in [0.29, 0.717) is 19.0 Å². The molecule has 1 atom stereocenters. The van der Waals surface area contributed by atoms with Gasteiger partial charge in [-0.3, -0.25) is 0 Å². The highest BCUT2D eigenvalue weighted by Gasteiger charge is 2.21. The van der Waals surface area contributed by atoms with E-state index in [1.165, 1.54) is 0 Å². The van der Waals surface area contributed by atoms with Crippen LogP contribution < -0.4 is 10.6 Å². The molecule has 1 aliphatic heterocycles. The zero-order chi connectivity index (χ0) is 9.97. The summed E-state index contributed by atoms with van der Waals surface area (Å²) in [6.07, 6.45) is 4.01. The van der Waals surface area contributed by atoms with Gasteiger partial charge in [-0.25, -0.2) is 9.97 Å². The molecule has 1 aromatic heterocycles. The largest absolute Gasteiger partial charge is 0.391 e. The number of aliphatic hydroxyl groups excluding tert-OH is 1. The number of hydrogen-bond acceptors (Lipinski definition) is 5. The third-order valence-electron chi connectivity index (χ3n) is 2.37. The maximum Gasteiger partial charge on any atom is 0.225 e. The minimum Gasteiger partial charge on any atom is -0.391 e. The van der Waals surface area contributed by atoms with Crippen molar-refractivity contribution in [2.45, 2.75) is 19.1 Å². The third kappa shape index (κ3) is 1.83. The van der Waals surface area contributed by atoms with Gasteiger partial charge in [-0.2, -0.15) is 0 Å². The van der Waals surface area contributed by atoms with Gasteiger partial charge in [-0.15, -0.1) is 0 Å². The molecule has 2 heterocycles. The molecule has 2 rings (SSSR count). The molecule has 1 saturated heterocycles. The fourth-order valence-corrected chi connectivity index (χ4v) is 1.54. The number of anilines is 1. The average molecular weight is 194 g/mol. The summed E-state index contributed by atoms with van der Waals surface area (Å²) in [5.74, 6) is 0.679. The molecule has 1 aromatic rings. The van der Waals surface area contributed by atoms with E-state index in [9.17, 15) is 5.11 Å². The summed E-state index contributed by atoms with van der Waals surface area (Å²) in [6, 6.07) is 0. The van der Waals surface area contributed by atoms with Crippen molar-refractivity contribution in [3.63, 3.8) is 0 Å². The highest BCUT2D eigenvalue weighted by atomic mass is 16.3. The summed E-state index contributed by atoms with van der Waals surface area (Å²) < 4.78 is 0. The Kier molecular flexibility index (Phi) is 2.60. The monoisotopic (exact) mass is 194 g/mol. The van der Waals surface area contributed by atoms with Crippen LogP contribution in [0, 0.1) is 0 Å². The zero-order valence-corrected chi connectivity index (χ0v) is 7.93. The Hall–Kier alpha value is -1.20. The van der Waals surface area contributed by atoms with Gasteiger partial charge in [0.25, 0.3) is 0 Å². The first kappa shape index (κ1) is 9.36. The van der Waals surface area contributed by atoms with Gasteiger partial charge in [0.2, 0.25) is 5.95 Å². The fourth-order valence-electron chi connectivity index (χ4n) is 1.54. The van der Waals surface area contributed by atoms with Crippen molar-refractivity contribution in [3.8, 4) is 0 Å². The first-order valence-electron chi connectivity index (χ1n) is 4.73. The standard InChI is InChI=1S/C9H14N4O/c10-3-7-4-11-9(12-5-7)13-2-1-8(14)6-13/h4-5,8,14H,1-3,6,10H2. The van der Waals surface area contributed by atoms with Crippen LogP contribution in [0.3, 0.4) is 0 Å². The number of aliphatic hydroxyl groups is 1. The van der Waals surface area contributed by atoms with Crippen molar-refractivity contribution in [3.05, 3.63) is 18.0 Å². The van der Waals surface area contributed by atoms with Gasteiger partial charge in [0, 0.05) is 37.6 Å². The van der Waals surface area contributed by atoms with E-state index < -0.39 is 0 Å². The normalized spacial score (nSPS) is 21.6. The molecule has 1 fully saturated rings. The quantitative estimate of drug-likeness (QED) is 0.664. The van der Waals surface area contributed by atoms with Crippen LogP contribution in [-0.4, -0.2) is 34.3 Å². The van der Waals surface area contributed by atoms with Crippen LogP contribution in [0.4, 0.5) is 5.95 Å². The average Bonchev–Trinajstić information content (AvgIpc) is 2.65. The van der Waals surface area contributed by atoms with Gasteiger partial charge in [-0.1, -0.05) is 0 Å². The van der Waals surface area contributed by atoms with Crippen LogP contribution in [0.2, 0.25) is 0 Å². The van der Waals surface area contributed by atoms with Crippen LogP contribution in [0.15, 0.2) is 12.4 Å². The lowest BCUT2D eigenvalue weighted by Crippen LogP contribution is -2.23. The molecular formula is C9H14N4O. The predicted molar refractivity (Wildman–Crippen MR) is 52.8 cm³/mol. The molecule has 0 amide bonds. The number of aromatic nitrogens is 2. The number of nitrogens with two attached hydrogens (primary N) is 1. The second-order valence-electron chi connectivity index (χ2n) is 3.48. The van der Waals surface area contributed by atoms with E-state index in [0.717, 1.165) is 18.5 Å². The Bertz CT molecular complexity index is 300. The first-order chi connectivity index (χ1) is 6.79. The topological polar surface area (TPSA) is 75.3 Å². The smallest absolute Gasteiger partial charge is 0.225 e. The molecule has 0 spiro atoms. The summed E-state index contributed by atoms with van der Waals surface area (Å²) in [4.78, 5) is 10.4. The fraction of sp³-hybridized carbons (Fsp3) is 0.556. The number of nitrogens with zero attached hydrogens (tertiary/aromatic N) is 3. The van der Waals surface area contributed by atoms with Crippen LogP contribution in [-0.2, 0) is 6.54 Å². The maximum absolute atomic E-state index is 9.34. The number of hydrogen-bond donors (Lipinski definition) is 2. The lowest BCUT2D eigenvalue weighted by molar-refractivity contribution is 0.198. The lowest BCUT2D eigenvalue weighted by Gasteiger charge is -2.14. The highest BCUT2D eigenvalue weighted by molar-refractivity contribution is 5.31. The number of rotatable bonds is 2. The summed E-state index contributed by atoms with van der Waals surface area (Å²) in [5, 5.41) is 9.34. The van der Waals surface area contributed by atoms with Crippen LogP contribution in [0.1, 0.15) is 12.0 Å². The molecule has 76 valence electrons. The first-order valence-corrected chi connectivity index (χ1v) is 4.73. The Morgan fingerprint density at radius 2 is 2.21 bits per heavy atom.